The molecule has 0 saturated heterocycles. The SMILES string of the molecule is CCOC(=O)CCCCCCCCCOC1=C([C@H]2CC[C@H](c3ccc(Cl)cc3)CC2)C(=O)c2ccccc2C1=O. The number of benzene rings is 2. The van der Waals surface area contributed by atoms with E-state index in [-0.39, 0.29) is 29.2 Å². The van der Waals surface area contributed by atoms with Gasteiger partial charge < -0.3 is 9.47 Å². The zero-order valence-corrected chi connectivity index (χ0v) is 24.3. The van der Waals surface area contributed by atoms with Gasteiger partial charge in [0.2, 0.25) is 5.78 Å². The molecular weight excluding hydrogens is 524 g/mol. The number of unbranched alkanes of at least 4 members (excludes halogenated alkanes) is 6. The van der Waals surface area contributed by atoms with E-state index in [9.17, 15) is 14.4 Å². The van der Waals surface area contributed by atoms with Crippen LogP contribution in [0.25, 0.3) is 0 Å². The molecule has 0 heterocycles. The molecule has 5 nitrogen and oxygen atoms in total. The van der Waals surface area contributed by atoms with Crippen molar-refractivity contribution in [3.05, 3.63) is 81.6 Å². The van der Waals surface area contributed by atoms with E-state index < -0.39 is 0 Å². The molecule has 0 spiro atoms. The number of halogens is 1. The minimum Gasteiger partial charge on any atom is -0.489 e. The Morgan fingerprint density at radius 2 is 1.35 bits per heavy atom. The summed E-state index contributed by atoms with van der Waals surface area (Å²) in [7, 11) is 0. The predicted octanol–water partition coefficient (Wildman–Crippen LogP) is 8.65. The highest BCUT2D eigenvalue weighted by Gasteiger charge is 2.38. The first-order valence-electron chi connectivity index (χ1n) is 15.0. The molecule has 2 aromatic rings. The summed E-state index contributed by atoms with van der Waals surface area (Å²) in [6.07, 6.45) is 11.2. The first-order valence-corrected chi connectivity index (χ1v) is 15.3. The number of hydrogen-bond donors (Lipinski definition) is 0. The largest absolute Gasteiger partial charge is 0.489 e. The summed E-state index contributed by atoms with van der Waals surface area (Å²) in [6.45, 7) is 2.70. The molecule has 214 valence electrons. The summed E-state index contributed by atoms with van der Waals surface area (Å²) in [6, 6.07) is 15.2. The van der Waals surface area contributed by atoms with Crippen molar-refractivity contribution in [1.82, 2.24) is 0 Å². The highest BCUT2D eigenvalue weighted by molar-refractivity contribution is 6.30. The molecule has 6 heteroatoms. The van der Waals surface area contributed by atoms with Crippen LogP contribution in [0.15, 0.2) is 59.9 Å². The lowest BCUT2D eigenvalue weighted by atomic mass is 9.72. The zero-order chi connectivity index (χ0) is 28.3. The van der Waals surface area contributed by atoms with Crippen LogP contribution in [0.5, 0.6) is 0 Å². The Hall–Kier alpha value is -2.92. The van der Waals surface area contributed by atoms with Crippen LogP contribution in [0, 0.1) is 5.92 Å². The number of allylic oxidation sites excluding steroid dienone is 2. The van der Waals surface area contributed by atoms with Crippen LogP contribution in [-0.4, -0.2) is 30.7 Å². The molecule has 0 bridgehead atoms. The smallest absolute Gasteiger partial charge is 0.305 e. The lowest BCUT2D eigenvalue weighted by Gasteiger charge is -2.32. The molecule has 1 saturated carbocycles. The lowest BCUT2D eigenvalue weighted by Crippen LogP contribution is -2.29. The van der Waals surface area contributed by atoms with Crippen LogP contribution in [0.3, 0.4) is 0 Å². The second-order valence-corrected chi connectivity index (χ2v) is 11.4. The van der Waals surface area contributed by atoms with Gasteiger partial charge in [0.05, 0.1) is 13.2 Å². The fraction of sp³-hybridized carbons (Fsp3) is 0.500. The number of hydrogen-bond acceptors (Lipinski definition) is 5. The number of carbonyl (C=O) groups excluding carboxylic acids is 3. The summed E-state index contributed by atoms with van der Waals surface area (Å²) >= 11 is 6.07. The van der Waals surface area contributed by atoms with Crippen LogP contribution >= 0.6 is 11.6 Å². The fourth-order valence-electron chi connectivity index (χ4n) is 6.00. The van der Waals surface area contributed by atoms with Crippen molar-refractivity contribution < 1.29 is 23.9 Å². The molecule has 4 rings (SSSR count). The fourth-order valence-corrected chi connectivity index (χ4v) is 6.13. The third-order valence-corrected chi connectivity index (χ3v) is 8.42. The Bertz CT molecular complexity index is 1190. The highest BCUT2D eigenvalue weighted by atomic mass is 35.5. The third-order valence-electron chi connectivity index (χ3n) is 8.17. The quantitative estimate of drug-likeness (QED) is 0.170. The van der Waals surface area contributed by atoms with E-state index in [1.807, 2.05) is 25.1 Å². The Kier molecular flexibility index (Phi) is 11.4. The van der Waals surface area contributed by atoms with Crippen molar-refractivity contribution in [2.45, 2.75) is 89.9 Å². The van der Waals surface area contributed by atoms with E-state index in [2.05, 4.69) is 12.1 Å². The Morgan fingerprint density at radius 1 is 0.775 bits per heavy atom. The topological polar surface area (TPSA) is 69.7 Å². The average Bonchev–Trinajstić information content (AvgIpc) is 2.97. The maximum Gasteiger partial charge on any atom is 0.305 e. The lowest BCUT2D eigenvalue weighted by molar-refractivity contribution is -0.143. The number of esters is 1. The van der Waals surface area contributed by atoms with Crippen LogP contribution in [0.4, 0.5) is 0 Å². The van der Waals surface area contributed by atoms with Crippen LogP contribution < -0.4 is 0 Å². The van der Waals surface area contributed by atoms with Gasteiger partial charge in [0.15, 0.2) is 11.5 Å². The van der Waals surface area contributed by atoms with Crippen molar-refractivity contribution in [2.75, 3.05) is 13.2 Å². The number of fused-ring (bicyclic) bond motifs is 1. The van der Waals surface area contributed by atoms with Crippen LogP contribution in [0.2, 0.25) is 5.02 Å². The van der Waals surface area contributed by atoms with E-state index in [0.29, 0.717) is 42.3 Å². The molecular formula is C34H41ClO5. The molecule has 0 radical (unpaired) electrons. The van der Waals surface area contributed by atoms with E-state index in [4.69, 9.17) is 21.1 Å². The Morgan fingerprint density at radius 3 is 2.00 bits per heavy atom. The van der Waals surface area contributed by atoms with Gasteiger partial charge in [0, 0.05) is 28.1 Å². The van der Waals surface area contributed by atoms with Crippen molar-refractivity contribution in [1.29, 1.82) is 0 Å². The predicted molar refractivity (Wildman–Crippen MR) is 158 cm³/mol. The van der Waals surface area contributed by atoms with Gasteiger partial charge in [-0.1, -0.05) is 80.1 Å². The van der Waals surface area contributed by atoms with Crippen molar-refractivity contribution >= 4 is 29.1 Å². The summed E-state index contributed by atoms with van der Waals surface area (Å²) in [4.78, 5) is 38.6. The normalized spacial score (nSPS) is 18.9. The number of ketones is 2. The van der Waals surface area contributed by atoms with Gasteiger partial charge in [-0.15, -0.1) is 0 Å². The molecule has 0 unspecified atom stereocenters. The van der Waals surface area contributed by atoms with Crippen molar-refractivity contribution in [2.24, 2.45) is 5.92 Å². The zero-order valence-electron chi connectivity index (χ0n) is 23.6. The minimum absolute atomic E-state index is 0.0259. The second-order valence-electron chi connectivity index (χ2n) is 10.9. The Labute approximate surface area is 243 Å². The standard InChI is InChI=1S/C34H41ClO5/c1-2-39-30(36)14-8-6-4-3-5-7-11-23-40-34-31(32(37)28-12-9-10-13-29(28)33(34)38)26-17-15-24(16-18-26)25-19-21-27(35)22-20-25/h9-10,12-13,19-22,24,26H,2-8,11,14-18,23H2,1H3/t24-,26-. The first kappa shape index (κ1) is 30.0. The third kappa shape index (κ3) is 7.84. The van der Waals surface area contributed by atoms with Gasteiger partial charge in [0.1, 0.15) is 0 Å². The maximum absolute atomic E-state index is 13.7. The molecule has 2 aliphatic rings. The number of ether oxygens (including phenoxy) is 2. The van der Waals surface area contributed by atoms with Gasteiger partial charge in [0.25, 0.3) is 0 Å². The molecule has 0 N–H and O–H groups in total. The molecule has 0 aromatic heterocycles. The van der Waals surface area contributed by atoms with Gasteiger partial charge in [-0.05, 0) is 75.0 Å². The molecule has 40 heavy (non-hydrogen) atoms. The van der Waals surface area contributed by atoms with Gasteiger partial charge >= 0.3 is 5.97 Å². The monoisotopic (exact) mass is 564 g/mol. The molecule has 0 atom stereocenters. The number of Topliss-reactive ketones (excluding diaryl/α,β-unsaturated/α-hetero) is 2. The van der Waals surface area contributed by atoms with E-state index in [1.54, 1.807) is 18.2 Å². The maximum atomic E-state index is 13.7. The van der Waals surface area contributed by atoms with Crippen LogP contribution in [-0.2, 0) is 14.3 Å². The molecule has 2 aromatic carbocycles. The Balaban J connectivity index is 1.31. The average molecular weight is 565 g/mol. The van der Waals surface area contributed by atoms with E-state index in [0.717, 1.165) is 75.7 Å². The van der Waals surface area contributed by atoms with Crippen molar-refractivity contribution in [3.8, 4) is 0 Å². The van der Waals surface area contributed by atoms with E-state index in [1.165, 1.54) is 5.56 Å². The van der Waals surface area contributed by atoms with Crippen molar-refractivity contribution in [3.63, 3.8) is 0 Å². The first-order chi connectivity index (χ1) is 19.5. The molecule has 0 amide bonds. The molecule has 1 fully saturated rings. The molecule has 0 aliphatic heterocycles. The summed E-state index contributed by atoms with van der Waals surface area (Å²) in [5.74, 6) is 0.414. The summed E-state index contributed by atoms with van der Waals surface area (Å²) < 4.78 is 11.1. The number of rotatable bonds is 14. The second kappa shape index (κ2) is 15.2. The van der Waals surface area contributed by atoms with Gasteiger partial charge in [-0.2, -0.15) is 0 Å². The molecule has 2 aliphatic carbocycles. The minimum atomic E-state index is -0.161. The summed E-state index contributed by atoms with van der Waals surface area (Å²) in [5, 5.41) is 0.736. The van der Waals surface area contributed by atoms with Crippen LogP contribution in [0.1, 0.15) is 116 Å². The van der Waals surface area contributed by atoms with Gasteiger partial charge in [-0.25, -0.2) is 0 Å². The van der Waals surface area contributed by atoms with Gasteiger partial charge in [-0.3, -0.25) is 14.4 Å². The highest BCUT2D eigenvalue weighted by Crippen LogP contribution is 2.42. The summed E-state index contributed by atoms with van der Waals surface area (Å²) in [5.41, 5.74) is 2.81. The van der Waals surface area contributed by atoms with E-state index >= 15 is 0 Å². The number of carbonyl (C=O) groups is 3.